The summed E-state index contributed by atoms with van der Waals surface area (Å²) in [6.07, 6.45) is 1.82. The Balaban J connectivity index is 1.60. The Morgan fingerprint density at radius 3 is 2.56 bits per heavy atom. The minimum Gasteiger partial charge on any atom is -0.507 e. The predicted octanol–water partition coefficient (Wildman–Crippen LogP) is 3.89. The van der Waals surface area contributed by atoms with Crippen LogP contribution in [0.15, 0.2) is 47.4 Å². The molecule has 0 saturated carbocycles. The molecule has 1 aliphatic rings. The molecule has 1 fully saturated rings. The second-order valence-corrected chi connectivity index (χ2v) is 8.63. The Hall–Kier alpha value is -3.17. The van der Waals surface area contributed by atoms with E-state index < -0.39 is 5.97 Å². The molecule has 0 aromatic heterocycles. The zero-order valence-electron chi connectivity index (χ0n) is 17.2. The third kappa shape index (κ3) is 5.74. The van der Waals surface area contributed by atoms with Gasteiger partial charge in [0.1, 0.15) is 27.2 Å². The minimum absolute atomic E-state index is 0.00261. The lowest BCUT2D eigenvalue weighted by molar-refractivity contribution is -0.123. The SMILES string of the molecule is CCOc1ccc(C=C2SC(=S)N(CCC(=O)Cc3ccc(O)c(C(=O)O)c3)C2=O)cc1. The number of rotatable bonds is 9. The van der Waals surface area contributed by atoms with Crippen molar-refractivity contribution in [1.82, 2.24) is 4.90 Å². The van der Waals surface area contributed by atoms with Gasteiger partial charge in [-0.05, 0) is 48.4 Å². The molecule has 0 aliphatic carbocycles. The van der Waals surface area contributed by atoms with Crippen molar-refractivity contribution < 1.29 is 29.3 Å². The lowest BCUT2D eigenvalue weighted by atomic mass is 10.0. The molecule has 1 aliphatic heterocycles. The van der Waals surface area contributed by atoms with Crippen molar-refractivity contribution in [2.24, 2.45) is 0 Å². The van der Waals surface area contributed by atoms with Crippen molar-refractivity contribution in [2.45, 2.75) is 19.8 Å². The monoisotopic (exact) mass is 471 g/mol. The van der Waals surface area contributed by atoms with Crippen LogP contribution in [0.2, 0.25) is 0 Å². The molecule has 1 amide bonds. The van der Waals surface area contributed by atoms with Gasteiger partial charge in [0.05, 0.1) is 11.5 Å². The quantitative estimate of drug-likeness (QED) is 0.419. The first-order chi connectivity index (χ1) is 15.3. The molecule has 2 aromatic carbocycles. The molecular formula is C23H21NO6S2. The van der Waals surface area contributed by atoms with Gasteiger partial charge in [-0.15, -0.1) is 0 Å². The molecule has 0 spiro atoms. The first-order valence-electron chi connectivity index (χ1n) is 9.83. The number of hydrogen-bond acceptors (Lipinski definition) is 7. The van der Waals surface area contributed by atoms with E-state index >= 15 is 0 Å². The number of amides is 1. The number of nitrogens with zero attached hydrogens (tertiary/aromatic N) is 1. The Bertz CT molecular complexity index is 1090. The molecule has 2 N–H and O–H groups in total. The maximum absolute atomic E-state index is 12.7. The van der Waals surface area contributed by atoms with Crippen molar-refractivity contribution in [1.29, 1.82) is 0 Å². The molecule has 0 unspecified atom stereocenters. The van der Waals surface area contributed by atoms with Gasteiger partial charge >= 0.3 is 5.97 Å². The van der Waals surface area contributed by atoms with Gasteiger partial charge in [0.25, 0.3) is 5.91 Å². The molecule has 0 atom stereocenters. The summed E-state index contributed by atoms with van der Waals surface area (Å²) in [7, 11) is 0. The van der Waals surface area contributed by atoms with Crippen molar-refractivity contribution >= 4 is 52.0 Å². The van der Waals surface area contributed by atoms with E-state index in [-0.39, 0.29) is 42.4 Å². The van der Waals surface area contributed by atoms with Gasteiger partial charge in [-0.25, -0.2) is 4.79 Å². The number of carbonyl (C=O) groups is 3. The van der Waals surface area contributed by atoms with Crippen LogP contribution >= 0.6 is 24.0 Å². The molecule has 3 rings (SSSR count). The number of benzene rings is 2. The zero-order chi connectivity index (χ0) is 23.3. The summed E-state index contributed by atoms with van der Waals surface area (Å²) >= 11 is 6.50. The van der Waals surface area contributed by atoms with Crippen LogP contribution in [0, 0.1) is 0 Å². The number of ketones is 1. The molecule has 7 nitrogen and oxygen atoms in total. The van der Waals surface area contributed by atoms with E-state index in [1.807, 2.05) is 31.2 Å². The number of ether oxygens (including phenoxy) is 1. The highest BCUT2D eigenvalue weighted by Crippen LogP contribution is 2.33. The Morgan fingerprint density at radius 1 is 1.19 bits per heavy atom. The number of aromatic carboxylic acids is 1. The van der Waals surface area contributed by atoms with Crippen LogP contribution in [0.3, 0.4) is 0 Å². The summed E-state index contributed by atoms with van der Waals surface area (Å²) in [6, 6.07) is 11.4. The van der Waals surface area contributed by atoms with E-state index in [9.17, 15) is 19.5 Å². The zero-order valence-corrected chi connectivity index (χ0v) is 18.9. The number of carbonyl (C=O) groups excluding carboxylic acids is 2. The lowest BCUT2D eigenvalue weighted by Gasteiger charge is -2.13. The fraction of sp³-hybridized carbons (Fsp3) is 0.217. The minimum atomic E-state index is -1.27. The summed E-state index contributed by atoms with van der Waals surface area (Å²) in [5.74, 6) is -1.30. The highest BCUT2D eigenvalue weighted by molar-refractivity contribution is 8.26. The van der Waals surface area contributed by atoms with Crippen LogP contribution in [0.5, 0.6) is 11.5 Å². The fourth-order valence-corrected chi connectivity index (χ4v) is 4.40. The van der Waals surface area contributed by atoms with Crippen LogP contribution < -0.4 is 4.74 Å². The van der Waals surface area contributed by atoms with E-state index in [0.29, 0.717) is 21.4 Å². The van der Waals surface area contributed by atoms with Gasteiger partial charge in [0.15, 0.2) is 0 Å². The molecular weight excluding hydrogens is 450 g/mol. The Morgan fingerprint density at radius 2 is 1.91 bits per heavy atom. The number of thiocarbonyl (C=S) groups is 1. The van der Waals surface area contributed by atoms with Crippen molar-refractivity contribution in [3.63, 3.8) is 0 Å². The molecule has 0 bridgehead atoms. The van der Waals surface area contributed by atoms with E-state index in [4.69, 9.17) is 22.1 Å². The molecule has 32 heavy (non-hydrogen) atoms. The fourth-order valence-electron chi connectivity index (χ4n) is 3.09. The van der Waals surface area contributed by atoms with Gasteiger partial charge in [-0.3, -0.25) is 14.5 Å². The standard InChI is InChI=1S/C23H21NO6S2/c1-2-30-17-6-3-14(4-7-17)13-20-21(27)24(23(31)32-20)10-9-16(25)11-15-5-8-19(26)18(12-15)22(28)29/h3-8,12-13,26H,2,9-11H2,1H3,(H,28,29). The second-order valence-electron chi connectivity index (χ2n) is 6.96. The van der Waals surface area contributed by atoms with E-state index in [0.717, 1.165) is 11.3 Å². The number of carboxylic acids is 1. The Kier molecular flexibility index (Phi) is 7.66. The van der Waals surface area contributed by atoms with Gasteiger partial charge in [-0.1, -0.05) is 42.2 Å². The number of phenols is 1. The summed E-state index contributed by atoms with van der Waals surface area (Å²) in [5, 5.41) is 18.7. The van der Waals surface area contributed by atoms with Crippen molar-refractivity contribution in [3.8, 4) is 11.5 Å². The maximum Gasteiger partial charge on any atom is 0.339 e. The van der Waals surface area contributed by atoms with Gasteiger partial charge in [-0.2, -0.15) is 0 Å². The molecule has 166 valence electrons. The van der Waals surface area contributed by atoms with E-state index in [1.54, 1.807) is 6.08 Å². The summed E-state index contributed by atoms with van der Waals surface area (Å²) < 4.78 is 5.80. The maximum atomic E-state index is 12.7. The predicted molar refractivity (Wildman–Crippen MR) is 126 cm³/mol. The molecule has 2 aromatic rings. The lowest BCUT2D eigenvalue weighted by Crippen LogP contribution is -2.30. The van der Waals surface area contributed by atoms with E-state index in [1.165, 1.54) is 34.9 Å². The van der Waals surface area contributed by atoms with Gasteiger partial charge in [0.2, 0.25) is 0 Å². The normalized spacial score (nSPS) is 14.8. The average molecular weight is 472 g/mol. The Labute approximate surface area is 194 Å². The third-order valence-electron chi connectivity index (χ3n) is 4.67. The molecule has 9 heteroatoms. The van der Waals surface area contributed by atoms with Crippen molar-refractivity contribution in [3.05, 3.63) is 64.1 Å². The van der Waals surface area contributed by atoms with Gasteiger partial charge < -0.3 is 14.9 Å². The number of carboxylic acid groups (broad SMARTS) is 1. The number of aromatic hydroxyl groups is 1. The third-order valence-corrected chi connectivity index (χ3v) is 6.05. The molecule has 0 radical (unpaired) electrons. The number of thioether (sulfide) groups is 1. The first-order valence-corrected chi connectivity index (χ1v) is 11.1. The molecule has 1 saturated heterocycles. The van der Waals surface area contributed by atoms with E-state index in [2.05, 4.69) is 0 Å². The highest BCUT2D eigenvalue weighted by Gasteiger charge is 2.32. The average Bonchev–Trinajstić information content (AvgIpc) is 3.02. The van der Waals surface area contributed by atoms with Crippen LogP contribution in [-0.4, -0.2) is 50.2 Å². The summed E-state index contributed by atoms with van der Waals surface area (Å²) in [6.45, 7) is 2.63. The van der Waals surface area contributed by atoms with Crippen LogP contribution in [-0.2, 0) is 16.0 Å². The summed E-state index contributed by atoms with van der Waals surface area (Å²) in [4.78, 5) is 38.1. The molecule has 1 heterocycles. The van der Waals surface area contributed by atoms with Gasteiger partial charge in [0, 0.05) is 19.4 Å². The summed E-state index contributed by atoms with van der Waals surface area (Å²) in [5.41, 5.74) is 1.06. The number of Topliss-reactive ketones (excluding diaryl/α,β-unsaturated/α-hetero) is 1. The first kappa shape index (κ1) is 23.5. The second kappa shape index (κ2) is 10.4. The number of hydrogen-bond donors (Lipinski definition) is 2. The topological polar surface area (TPSA) is 104 Å². The van der Waals surface area contributed by atoms with Crippen LogP contribution in [0.1, 0.15) is 34.8 Å². The smallest absolute Gasteiger partial charge is 0.339 e. The van der Waals surface area contributed by atoms with Crippen LogP contribution in [0.4, 0.5) is 0 Å². The van der Waals surface area contributed by atoms with Crippen LogP contribution in [0.25, 0.3) is 6.08 Å². The largest absolute Gasteiger partial charge is 0.507 e. The van der Waals surface area contributed by atoms with Crippen molar-refractivity contribution in [2.75, 3.05) is 13.2 Å². The highest BCUT2D eigenvalue weighted by atomic mass is 32.2.